The number of aryl methyl sites for hydroxylation is 1. The number of benzene rings is 2. The summed E-state index contributed by atoms with van der Waals surface area (Å²) in [6, 6.07) is 14.0. The molecule has 2 aromatic carbocycles. The number of amides is 1. The molecule has 6 nitrogen and oxygen atoms in total. The number of anilines is 1. The third-order valence-corrected chi connectivity index (χ3v) is 3.28. The first-order valence-electron chi connectivity index (χ1n) is 7.07. The molecule has 0 saturated carbocycles. The Hall–Kier alpha value is -2.99. The fourth-order valence-electron chi connectivity index (χ4n) is 2.17. The Morgan fingerprint density at radius 2 is 2.04 bits per heavy atom. The van der Waals surface area contributed by atoms with Gasteiger partial charge in [0.2, 0.25) is 11.7 Å². The summed E-state index contributed by atoms with van der Waals surface area (Å²) in [4.78, 5) is 16.5. The van der Waals surface area contributed by atoms with Gasteiger partial charge in [0.15, 0.2) is 0 Å². The monoisotopic (exact) mass is 309 g/mol. The average Bonchev–Trinajstić information content (AvgIpc) is 3.01. The van der Waals surface area contributed by atoms with Gasteiger partial charge in [0.25, 0.3) is 5.91 Å². The zero-order valence-corrected chi connectivity index (χ0v) is 12.5. The first kappa shape index (κ1) is 14.9. The van der Waals surface area contributed by atoms with Crippen LogP contribution < -0.4 is 5.32 Å². The number of nitrogens with zero attached hydrogens (tertiary/aromatic N) is 2. The molecule has 0 aliphatic carbocycles. The number of rotatable bonds is 4. The first-order chi connectivity index (χ1) is 11.2. The van der Waals surface area contributed by atoms with E-state index in [1.807, 2.05) is 6.07 Å². The molecule has 1 amide bonds. The van der Waals surface area contributed by atoms with Crippen LogP contribution >= 0.6 is 0 Å². The fourth-order valence-corrected chi connectivity index (χ4v) is 2.17. The zero-order valence-electron chi connectivity index (χ0n) is 12.5. The smallest absolute Gasteiger partial charge is 0.255 e. The van der Waals surface area contributed by atoms with Crippen LogP contribution in [0.15, 0.2) is 53.1 Å². The van der Waals surface area contributed by atoms with Gasteiger partial charge in [0.05, 0.1) is 6.61 Å². The lowest BCUT2D eigenvalue weighted by Crippen LogP contribution is -2.12. The molecular formula is C17H15N3O3. The largest absolute Gasteiger partial charge is 0.392 e. The lowest BCUT2D eigenvalue weighted by atomic mass is 10.1. The van der Waals surface area contributed by atoms with Crippen molar-refractivity contribution >= 4 is 11.6 Å². The van der Waals surface area contributed by atoms with Gasteiger partial charge in [-0.15, -0.1) is 0 Å². The predicted octanol–water partition coefficient (Wildman–Crippen LogP) is 2.79. The number of carbonyl (C=O) groups excluding carboxylic acids is 1. The van der Waals surface area contributed by atoms with E-state index in [2.05, 4.69) is 15.5 Å². The van der Waals surface area contributed by atoms with Crippen LogP contribution in [0.1, 0.15) is 21.8 Å². The third kappa shape index (κ3) is 3.44. The summed E-state index contributed by atoms with van der Waals surface area (Å²) in [6.07, 6.45) is 0. The maximum Gasteiger partial charge on any atom is 0.255 e. The SMILES string of the molecule is Cc1nc(-c2cccc(C(=O)Nc3cccc(CO)c3)c2)no1. The lowest BCUT2D eigenvalue weighted by Gasteiger charge is -2.07. The molecule has 0 bridgehead atoms. The average molecular weight is 309 g/mol. The van der Waals surface area contributed by atoms with Gasteiger partial charge in [-0.3, -0.25) is 4.79 Å². The van der Waals surface area contributed by atoms with Crippen LogP contribution in [0.3, 0.4) is 0 Å². The van der Waals surface area contributed by atoms with Crippen LogP contribution in [0, 0.1) is 6.92 Å². The van der Waals surface area contributed by atoms with Crippen LogP contribution in [-0.2, 0) is 6.61 Å². The van der Waals surface area contributed by atoms with Crippen molar-refractivity contribution in [1.82, 2.24) is 10.1 Å². The van der Waals surface area contributed by atoms with Crippen LogP contribution in [-0.4, -0.2) is 21.2 Å². The Bertz CT molecular complexity index is 842. The third-order valence-electron chi connectivity index (χ3n) is 3.28. The molecule has 0 radical (unpaired) electrons. The van der Waals surface area contributed by atoms with Crippen molar-refractivity contribution in [3.8, 4) is 11.4 Å². The molecule has 0 saturated heterocycles. The molecule has 0 fully saturated rings. The minimum absolute atomic E-state index is 0.0730. The molecule has 1 heterocycles. The maximum absolute atomic E-state index is 12.4. The Labute approximate surface area is 132 Å². The van der Waals surface area contributed by atoms with Gasteiger partial charge in [-0.1, -0.05) is 29.4 Å². The van der Waals surface area contributed by atoms with E-state index < -0.39 is 0 Å². The van der Waals surface area contributed by atoms with Gasteiger partial charge in [-0.05, 0) is 29.8 Å². The van der Waals surface area contributed by atoms with E-state index in [1.165, 1.54) is 0 Å². The van der Waals surface area contributed by atoms with E-state index in [0.717, 1.165) is 5.56 Å². The number of hydrogen-bond acceptors (Lipinski definition) is 5. The number of nitrogens with one attached hydrogen (secondary N) is 1. The summed E-state index contributed by atoms with van der Waals surface area (Å²) in [5, 5.41) is 15.8. The molecule has 23 heavy (non-hydrogen) atoms. The van der Waals surface area contributed by atoms with Gasteiger partial charge in [0, 0.05) is 23.7 Å². The molecule has 0 spiro atoms. The van der Waals surface area contributed by atoms with Crippen molar-refractivity contribution in [1.29, 1.82) is 0 Å². The number of hydrogen-bond donors (Lipinski definition) is 2. The van der Waals surface area contributed by atoms with Gasteiger partial charge in [-0.25, -0.2) is 0 Å². The topological polar surface area (TPSA) is 88.2 Å². The van der Waals surface area contributed by atoms with Crippen molar-refractivity contribution in [2.45, 2.75) is 13.5 Å². The number of aliphatic hydroxyl groups is 1. The van der Waals surface area contributed by atoms with E-state index in [-0.39, 0.29) is 12.5 Å². The molecule has 2 N–H and O–H groups in total. The highest BCUT2D eigenvalue weighted by atomic mass is 16.5. The molecule has 3 aromatic rings. The molecule has 0 unspecified atom stereocenters. The van der Waals surface area contributed by atoms with Crippen molar-refractivity contribution in [2.24, 2.45) is 0 Å². The zero-order chi connectivity index (χ0) is 16.2. The Balaban J connectivity index is 1.82. The van der Waals surface area contributed by atoms with Crippen LogP contribution in [0.2, 0.25) is 0 Å². The van der Waals surface area contributed by atoms with Crippen molar-refractivity contribution in [3.63, 3.8) is 0 Å². The highest BCUT2D eigenvalue weighted by molar-refractivity contribution is 6.04. The summed E-state index contributed by atoms with van der Waals surface area (Å²) >= 11 is 0. The molecule has 0 aliphatic rings. The fraction of sp³-hybridized carbons (Fsp3) is 0.118. The van der Waals surface area contributed by atoms with E-state index in [4.69, 9.17) is 9.63 Å². The van der Waals surface area contributed by atoms with E-state index in [1.54, 1.807) is 49.4 Å². The maximum atomic E-state index is 12.4. The van der Waals surface area contributed by atoms with Crippen LogP contribution in [0.4, 0.5) is 5.69 Å². The second-order valence-corrected chi connectivity index (χ2v) is 5.03. The predicted molar refractivity (Wildman–Crippen MR) is 84.8 cm³/mol. The number of carbonyl (C=O) groups is 1. The normalized spacial score (nSPS) is 10.5. The van der Waals surface area contributed by atoms with Gasteiger partial charge < -0.3 is 14.9 Å². The van der Waals surface area contributed by atoms with E-state index >= 15 is 0 Å². The molecule has 0 atom stereocenters. The number of aromatic nitrogens is 2. The summed E-state index contributed by atoms with van der Waals surface area (Å²) in [5.74, 6) is 0.664. The first-order valence-corrected chi connectivity index (χ1v) is 7.07. The molecule has 6 heteroatoms. The molecule has 0 aliphatic heterocycles. The van der Waals surface area contributed by atoms with Crippen LogP contribution in [0.25, 0.3) is 11.4 Å². The molecule has 116 valence electrons. The minimum Gasteiger partial charge on any atom is -0.392 e. The van der Waals surface area contributed by atoms with Crippen LogP contribution in [0.5, 0.6) is 0 Å². The van der Waals surface area contributed by atoms with Gasteiger partial charge in [-0.2, -0.15) is 4.98 Å². The molecular weight excluding hydrogens is 294 g/mol. The van der Waals surface area contributed by atoms with Crippen molar-refractivity contribution < 1.29 is 14.4 Å². The highest BCUT2D eigenvalue weighted by Gasteiger charge is 2.11. The summed E-state index contributed by atoms with van der Waals surface area (Å²) in [5.41, 5.74) is 2.55. The van der Waals surface area contributed by atoms with Crippen molar-refractivity contribution in [2.75, 3.05) is 5.32 Å². The van der Waals surface area contributed by atoms with Gasteiger partial charge >= 0.3 is 0 Å². The van der Waals surface area contributed by atoms with Gasteiger partial charge in [0.1, 0.15) is 0 Å². The van der Waals surface area contributed by atoms with E-state index in [9.17, 15) is 4.79 Å². The summed E-state index contributed by atoms with van der Waals surface area (Å²) in [7, 11) is 0. The Morgan fingerprint density at radius 3 is 2.78 bits per heavy atom. The Morgan fingerprint density at radius 1 is 1.22 bits per heavy atom. The number of aliphatic hydroxyl groups excluding tert-OH is 1. The summed E-state index contributed by atoms with van der Waals surface area (Å²) < 4.78 is 4.96. The summed E-state index contributed by atoms with van der Waals surface area (Å²) in [6.45, 7) is 1.64. The lowest BCUT2D eigenvalue weighted by molar-refractivity contribution is 0.102. The van der Waals surface area contributed by atoms with Crippen molar-refractivity contribution in [3.05, 3.63) is 65.5 Å². The highest BCUT2D eigenvalue weighted by Crippen LogP contribution is 2.18. The standard InChI is InChI=1S/C17H15N3O3/c1-11-18-16(20-23-11)13-5-3-6-14(9-13)17(22)19-15-7-2-4-12(8-15)10-21/h2-9,21H,10H2,1H3,(H,19,22). The quantitative estimate of drug-likeness (QED) is 0.773. The second-order valence-electron chi connectivity index (χ2n) is 5.03. The molecule has 1 aromatic heterocycles. The second kappa shape index (κ2) is 6.41. The minimum atomic E-state index is -0.248. The van der Waals surface area contributed by atoms with E-state index in [0.29, 0.717) is 28.5 Å². The molecule has 3 rings (SSSR count). The Kier molecular flexibility index (Phi) is 4.16.